The number of benzene rings is 3. The fourth-order valence-corrected chi connectivity index (χ4v) is 5.71. The number of halogens is 1. The van der Waals surface area contributed by atoms with Crippen molar-refractivity contribution >= 4 is 15.8 Å². The first kappa shape index (κ1) is 26.6. The van der Waals surface area contributed by atoms with E-state index in [2.05, 4.69) is 37.3 Å². The first-order valence-corrected chi connectivity index (χ1v) is 13.3. The molecule has 0 aliphatic carbocycles. The lowest BCUT2D eigenvalue weighted by atomic mass is 10.1. The van der Waals surface area contributed by atoms with Crippen LogP contribution in [0.1, 0.15) is 44.2 Å². The Morgan fingerprint density at radius 1 is 1.00 bits per heavy atom. The van der Waals surface area contributed by atoms with Gasteiger partial charge in [-0.25, -0.2) is 12.8 Å². The Balaban J connectivity index is 0.000000196. The Morgan fingerprint density at radius 2 is 1.69 bits per heavy atom. The minimum atomic E-state index is -3.70. The van der Waals surface area contributed by atoms with E-state index in [0.29, 0.717) is 26.0 Å². The molecule has 35 heavy (non-hydrogen) atoms. The number of ketones is 1. The summed E-state index contributed by atoms with van der Waals surface area (Å²) in [5, 5.41) is 0. The predicted octanol–water partition coefficient (Wildman–Crippen LogP) is 5.79. The number of carbonyl (C=O) groups is 1. The van der Waals surface area contributed by atoms with E-state index in [1.807, 2.05) is 24.3 Å². The molecule has 0 bridgehead atoms. The fraction of sp³-hybridized carbons (Fsp3) is 0.321. The molecule has 1 unspecified atom stereocenters. The largest absolute Gasteiger partial charge is 0.489 e. The molecule has 7 heteroatoms. The zero-order valence-electron chi connectivity index (χ0n) is 20.2. The SMILES string of the molecule is CC(=O)C1CCCN1S(=O)(=O)c1ccc(F)cc1.CCCc1cccc(OCc2ccccc2)c1. The number of aryl methyl sites for hydroxylation is 1. The highest BCUT2D eigenvalue weighted by Crippen LogP contribution is 2.26. The summed E-state index contributed by atoms with van der Waals surface area (Å²) in [6, 6.07) is 22.7. The topological polar surface area (TPSA) is 63.7 Å². The molecule has 0 spiro atoms. The maximum atomic E-state index is 12.8. The van der Waals surface area contributed by atoms with Crippen LogP contribution < -0.4 is 4.74 Å². The van der Waals surface area contributed by atoms with Gasteiger partial charge in [-0.15, -0.1) is 0 Å². The van der Waals surface area contributed by atoms with Crippen molar-refractivity contribution in [1.82, 2.24) is 4.31 Å². The van der Waals surface area contributed by atoms with Crippen LogP contribution in [0.4, 0.5) is 4.39 Å². The Morgan fingerprint density at radius 3 is 2.34 bits per heavy atom. The molecule has 1 fully saturated rings. The molecule has 1 aliphatic heterocycles. The van der Waals surface area contributed by atoms with Crippen LogP contribution in [-0.2, 0) is 27.8 Å². The Bertz CT molecular complexity index is 1200. The molecule has 1 atom stereocenters. The number of sulfonamides is 1. The molecule has 186 valence electrons. The van der Waals surface area contributed by atoms with Gasteiger partial charge in [0.1, 0.15) is 24.0 Å². The molecule has 1 saturated heterocycles. The average Bonchev–Trinajstić information content (AvgIpc) is 3.36. The summed E-state index contributed by atoms with van der Waals surface area (Å²) < 4.78 is 44.4. The quantitative estimate of drug-likeness (QED) is 0.395. The van der Waals surface area contributed by atoms with Crippen LogP contribution in [0.5, 0.6) is 5.75 Å². The van der Waals surface area contributed by atoms with Crippen molar-refractivity contribution in [1.29, 1.82) is 0 Å². The molecule has 0 aromatic heterocycles. The van der Waals surface area contributed by atoms with E-state index in [-0.39, 0.29) is 10.7 Å². The Labute approximate surface area is 207 Å². The molecule has 1 aliphatic rings. The monoisotopic (exact) mass is 497 g/mol. The maximum Gasteiger partial charge on any atom is 0.243 e. The highest BCUT2D eigenvalue weighted by Gasteiger charge is 2.37. The van der Waals surface area contributed by atoms with Crippen LogP contribution in [-0.4, -0.2) is 31.1 Å². The molecular formula is C28H32FNO4S. The van der Waals surface area contributed by atoms with Gasteiger partial charge in [-0.05, 0) is 73.7 Å². The van der Waals surface area contributed by atoms with Crippen molar-refractivity contribution in [3.63, 3.8) is 0 Å². The van der Waals surface area contributed by atoms with E-state index < -0.39 is 21.9 Å². The fourth-order valence-electron chi connectivity index (χ4n) is 4.00. The van der Waals surface area contributed by atoms with Gasteiger partial charge >= 0.3 is 0 Å². The van der Waals surface area contributed by atoms with E-state index in [4.69, 9.17) is 4.74 Å². The molecular weight excluding hydrogens is 465 g/mol. The molecule has 0 radical (unpaired) electrons. The molecule has 0 amide bonds. The van der Waals surface area contributed by atoms with Gasteiger partial charge in [0.25, 0.3) is 0 Å². The molecule has 0 N–H and O–H groups in total. The first-order chi connectivity index (χ1) is 16.8. The highest BCUT2D eigenvalue weighted by atomic mass is 32.2. The van der Waals surface area contributed by atoms with Crippen molar-refractivity contribution in [2.24, 2.45) is 0 Å². The summed E-state index contributed by atoms with van der Waals surface area (Å²) >= 11 is 0. The number of Topliss-reactive ketones (excluding diaryl/α,β-unsaturated/α-hetero) is 1. The lowest BCUT2D eigenvalue weighted by Gasteiger charge is -2.21. The van der Waals surface area contributed by atoms with E-state index in [1.165, 1.54) is 40.9 Å². The van der Waals surface area contributed by atoms with Gasteiger partial charge in [0.05, 0.1) is 10.9 Å². The second kappa shape index (κ2) is 12.6. The number of hydrogen-bond donors (Lipinski definition) is 0. The van der Waals surface area contributed by atoms with Gasteiger partial charge in [-0.3, -0.25) is 4.79 Å². The predicted molar refractivity (Wildman–Crippen MR) is 135 cm³/mol. The van der Waals surface area contributed by atoms with E-state index >= 15 is 0 Å². The van der Waals surface area contributed by atoms with Gasteiger partial charge in [0.2, 0.25) is 10.0 Å². The van der Waals surface area contributed by atoms with E-state index in [9.17, 15) is 17.6 Å². The van der Waals surface area contributed by atoms with Gasteiger partial charge in [0, 0.05) is 6.54 Å². The Kier molecular flexibility index (Phi) is 9.57. The van der Waals surface area contributed by atoms with Crippen molar-refractivity contribution in [2.45, 2.75) is 57.1 Å². The normalized spacial score (nSPS) is 15.8. The summed E-state index contributed by atoms with van der Waals surface area (Å²) in [7, 11) is -3.70. The van der Waals surface area contributed by atoms with Gasteiger partial charge in [0.15, 0.2) is 0 Å². The lowest BCUT2D eigenvalue weighted by molar-refractivity contribution is -0.119. The number of rotatable bonds is 8. The van der Waals surface area contributed by atoms with Gasteiger partial charge in [-0.2, -0.15) is 4.31 Å². The zero-order chi connectivity index (χ0) is 25.3. The minimum Gasteiger partial charge on any atom is -0.489 e. The van der Waals surface area contributed by atoms with Crippen molar-refractivity contribution in [3.8, 4) is 5.75 Å². The molecule has 5 nitrogen and oxygen atoms in total. The van der Waals surface area contributed by atoms with Crippen LogP contribution >= 0.6 is 0 Å². The van der Waals surface area contributed by atoms with Gasteiger partial charge < -0.3 is 4.74 Å². The highest BCUT2D eigenvalue weighted by molar-refractivity contribution is 7.89. The Hall–Kier alpha value is -3.03. The maximum absolute atomic E-state index is 12.8. The zero-order valence-corrected chi connectivity index (χ0v) is 21.0. The number of ether oxygens (including phenoxy) is 1. The van der Waals surface area contributed by atoms with Gasteiger partial charge in [-0.1, -0.05) is 55.8 Å². The molecule has 3 aromatic rings. The summed E-state index contributed by atoms with van der Waals surface area (Å²) in [4.78, 5) is 11.4. The first-order valence-electron chi connectivity index (χ1n) is 11.8. The third-order valence-electron chi connectivity index (χ3n) is 5.78. The minimum absolute atomic E-state index is 0.0250. The standard InChI is InChI=1S/C16H18O.C12H14FNO3S/c1-2-7-14-10-6-11-16(12-14)17-13-15-8-4-3-5-9-15;1-9(15)12-3-2-8-14(12)18(16,17)11-6-4-10(13)5-7-11/h3-6,8-12H,2,7,13H2,1H3;4-7,12H,2-3,8H2,1H3. The van der Waals surface area contributed by atoms with E-state index in [0.717, 1.165) is 24.3 Å². The second-order valence-corrected chi connectivity index (χ2v) is 10.4. The van der Waals surface area contributed by atoms with Crippen molar-refractivity contribution in [3.05, 3.63) is 95.8 Å². The van der Waals surface area contributed by atoms with Crippen LogP contribution in [0.2, 0.25) is 0 Å². The van der Waals surface area contributed by atoms with E-state index in [1.54, 1.807) is 0 Å². The van der Waals surface area contributed by atoms with Crippen LogP contribution in [0, 0.1) is 5.82 Å². The number of carbonyl (C=O) groups excluding carboxylic acids is 1. The van der Waals surface area contributed by atoms with Crippen LogP contribution in [0.25, 0.3) is 0 Å². The number of nitrogens with zero attached hydrogens (tertiary/aromatic N) is 1. The molecule has 1 heterocycles. The van der Waals surface area contributed by atoms with Crippen molar-refractivity contribution in [2.75, 3.05) is 6.54 Å². The van der Waals surface area contributed by atoms with Crippen LogP contribution in [0.3, 0.4) is 0 Å². The average molecular weight is 498 g/mol. The second-order valence-electron chi connectivity index (χ2n) is 8.51. The third kappa shape index (κ3) is 7.47. The smallest absolute Gasteiger partial charge is 0.243 e. The lowest BCUT2D eigenvalue weighted by Crippen LogP contribution is -2.39. The summed E-state index contributed by atoms with van der Waals surface area (Å²) in [6.07, 6.45) is 3.51. The molecule has 4 rings (SSSR count). The van der Waals surface area contributed by atoms with Crippen molar-refractivity contribution < 1.29 is 22.3 Å². The summed E-state index contributed by atoms with van der Waals surface area (Å²) in [5.41, 5.74) is 2.55. The summed E-state index contributed by atoms with van der Waals surface area (Å²) in [5.74, 6) is 0.316. The third-order valence-corrected chi connectivity index (χ3v) is 7.70. The number of hydrogen-bond acceptors (Lipinski definition) is 4. The molecule has 3 aromatic carbocycles. The summed E-state index contributed by atoms with van der Waals surface area (Å²) in [6.45, 7) is 4.56. The van der Waals surface area contributed by atoms with Crippen LogP contribution in [0.15, 0.2) is 83.8 Å². The molecule has 0 saturated carbocycles.